The van der Waals surface area contributed by atoms with Crippen LogP contribution in [0.5, 0.6) is 0 Å². The lowest BCUT2D eigenvalue weighted by Gasteiger charge is -2.42. The maximum Gasteiger partial charge on any atom is 0.228 e. The highest BCUT2D eigenvalue weighted by Crippen LogP contribution is 2.14. The average Bonchev–Trinajstić information content (AvgIpc) is 1.91. The minimum Gasteiger partial charge on any atom is -0.350 e. The van der Waals surface area contributed by atoms with Gasteiger partial charge in [-0.1, -0.05) is 0 Å². The maximum atomic E-state index is 11.6. The van der Waals surface area contributed by atoms with Crippen LogP contribution in [0.25, 0.3) is 0 Å². The fourth-order valence-corrected chi connectivity index (χ4v) is 1.76. The lowest BCUT2D eigenvalue weighted by Crippen LogP contribution is -2.64. The van der Waals surface area contributed by atoms with Gasteiger partial charge in [-0.2, -0.15) is 0 Å². The van der Waals surface area contributed by atoms with Gasteiger partial charge < -0.3 is 15.5 Å². The molecule has 0 spiro atoms. The highest BCUT2D eigenvalue weighted by Gasteiger charge is 2.36. The summed E-state index contributed by atoms with van der Waals surface area (Å²) in [6, 6.07) is 0.171. The second-order valence-electron chi connectivity index (χ2n) is 4.00. The summed E-state index contributed by atoms with van der Waals surface area (Å²) in [5, 5.41) is 5.86. The molecule has 0 aromatic heterocycles. The van der Waals surface area contributed by atoms with Crippen molar-refractivity contribution in [3.63, 3.8) is 0 Å². The molecule has 0 atom stereocenters. The molecule has 78 valence electrons. The van der Waals surface area contributed by atoms with Crippen LogP contribution in [0.4, 0.5) is 0 Å². The molecule has 2 rings (SSSR count). The number of rotatable bonds is 2. The number of amides is 2. The molecule has 2 aliphatic heterocycles. The van der Waals surface area contributed by atoms with E-state index in [0.29, 0.717) is 13.1 Å². The van der Waals surface area contributed by atoms with Crippen molar-refractivity contribution in [2.75, 3.05) is 26.2 Å². The van der Waals surface area contributed by atoms with E-state index < -0.39 is 0 Å². The van der Waals surface area contributed by atoms with Crippen LogP contribution in [0.1, 0.15) is 6.92 Å². The Balaban J connectivity index is 1.71. The largest absolute Gasteiger partial charge is 0.350 e. The zero-order valence-electron chi connectivity index (χ0n) is 8.25. The Hall–Kier alpha value is -1.10. The summed E-state index contributed by atoms with van der Waals surface area (Å²) in [6.45, 7) is 4.46. The van der Waals surface area contributed by atoms with Crippen molar-refractivity contribution < 1.29 is 9.59 Å². The first kappa shape index (κ1) is 9.45. The van der Waals surface area contributed by atoms with E-state index in [1.165, 1.54) is 6.92 Å². The number of hydrogen-bond acceptors (Lipinski definition) is 3. The Bertz CT molecular complexity index is 257. The van der Waals surface area contributed by atoms with E-state index in [9.17, 15) is 9.59 Å². The van der Waals surface area contributed by atoms with Gasteiger partial charge in [0.2, 0.25) is 11.8 Å². The Morgan fingerprint density at radius 3 is 2.43 bits per heavy atom. The van der Waals surface area contributed by atoms with Crippen molar-refractivity contribution in [2.24, 2.45) is 5.92 Å². The van der Waals surface area contributed by atoms with Gasteiger partial charge in [-0.3, -0.25) is 9.59 Å². The highest BCUT2D eigenvalue weighted by molar-refractivity contribution is 5.81. The van der Waals surface area contributed by atoms with E-state index in [-0.39, 0.29) is 23.8 Å². The molecule has 2 aliphatic rings. The number of carbonyl (C=O) groups is 2. The summed E-state index contributed by atoms with van der Waals surface area (Å²) in [5.41, 5.74) is 0. The highest BCUT2D eigenvalue weighted by atomic mass is 16.2. The van der Waals surface area contributed by atoms with Gasteiger partial charge in [0.1, 0.15) is 0 Å². The van der Waals surface area contributed by atoms with Gasteiger partial charge in [0.25, 0.3) is 0 Å². The van der Waals surface area contributed by atoms with Crippen LogP contribution >= 0.6 is 0 Å². The lowest BCUT2D eigenvalue weighted by molar-refractivity contribution is -0.143. The third-order valence-electron chi connectivity index (χ3n) is 2.73. The summed E-state index contributed by atoms with van der Waals surface area (Å²) < 4.78 is 0. The van der Waals surface area contributed by atoms with Crippen molar-refractivity contribution in [1.29, 1.82) is 0 Å². The monoisotopic (exact) mass is 197 g/mol. The number of carbonyl (C=O) groups excluding carboxylic acids is 2. The number of nitrogens with one attached hydrogen (secondary N) is 2. The van der Waals surface area contributed by atoms with Crippen molar-refractivity contribution in [2.45, 2.75) is 13.0 Å². The van der Waals surface area contributed by atoms with Crippen LogP contribution in [0.2, 0.25) is 0 Å². The van der Waals surface area contributed by atoms with Crippen LogP contribution in [-0.4, -0.2) is 48.9 Å². The molecule has 2 heterocycles. The van der Waals surface area contributed by atoms with E-state index in [1.54, 1.807) is 0 Å². The molecule has 0 aliphatic carbocycles. The summed E-state index contributed by atoms with van der Waals surface area (Å²) in [7, 11) is 0. The third-order valence-corrected chi connectivity index (χ3v) is 2.73. The van der Waals surface area contributed by atoms with Crippen LogP contribution in [0.15, 0.2) is 0 Å². The van der Waals surface area contributed by atoms with Gasteiger partial charge in [-0.25, -0.2) is 0 Å². The molecule has 0 bridgehead atoms. The van der Waals surface area contributed by atoms with Crippen molar-refractivity contribution >= 4 is 11.8 Å². The van der Waals surface area contributed by atoms with Gasteiger partial charge >= 0.3 is 0 Å². The van der Waals surface area contributed by atoms with Crippen LogP contribution in [0, 0.1) is 5.92 Å². The minimum absolute atomic E-state index is 0.0209. The minimum atomic E-state index is -0.0209. The molecule has 0 saturated carbocycles. The molecule has 2 amide bonds. The number of hydrogen-bond donors (Lipinski definition) is 2. The van der Waals surface area contributed by atoms with Crippen LogP contribution < -0.4 is 10.6 Å². The van der Waals surface area contributed by atoms with Gasteiger partial charge in [-0.15, -0.1) is 0 Å². The van der Waals surface area contributed by atoms with E-state index in [0.717, 1.165) is 13.1 Å². The fraction of sp³-hybridized carbons (Fsp3) is 0.778. The van der Waals surface area contributed by atoms with Crippen LogP contribution in [-0.2, 0) is 9.59 Å². The van der Waals surface area contributed by atoms with E-state index >= 15 is 0 Å². The third kappa shape index (κ3) is 1.72. The predicted molar refractivity (Wildman–Crippen MR) is 50.5 cm³/mol. The molecule has 2 N–H and O–H groups in total. The predicted octanol–water partition coefficient (Wildman–Crippen LogP) is -1.45. The van der Waals surface area contributed by atoms with E-state index in [4.69, 9.17) is 0 Å². The molecule has 0 unspecified atom stereocenters. The van der Waals surface area contributed by atoms with E-state index in [1.807, 2.05) is 4.90 Å². The quantitative estimate of drug-likeness (QED) is 0.569. The van der Waals surface area contributed by atoms with Crippen molar-refractivity contribution in [3.8, 4) is 0 Å². The summed E-state index contributed by atoms with van der Waals surface area (Å²) in [6.07, 6.45) is 0. The smallest absolute Gasteiger partial charge is 0.228 e. The lowest BCUT2D eigenvalue weighted by atomic mass is 9.98. The Morgan fingerprint density at radius 2 is 2.00 bits per heavy atom. The summed E-state index contributed by atoms with van der Waals surface area (Å²) in [5.74, 6) is 0.381. The number of nitrogens with zero attached hydrogens (tertiary/aromatic N) is 1. The fourth-order valence-electron chi connectivity index (χ4n) is 1.76. The Kier molecular flexibility index (Phi) is 2.41. The standard InChI is InChI=1S/C9H15N3O2/c1-6(13)11-8-4-12(5-8)9(14)7-2-10-3-7/h7-8,10H,2-5H2,1H3,(H,11,13). The molecular weight excluding hydrogens is 182 g/mol. The summed E-state index contributed by atoms with van der Waals surface area (Å²) in [4.78, 5) is 24.1. The zero-order valence-corrected chi connectivity index (χ0v) is 8.25. The first-order valence-corrected chi connectivity index (χ1v) is 4.93. The zero-order chi connectivity index (χ0) is 10.1. The van der Waals surface area contributed by atoms with Gasteiger partial charge in [-0.05, 0) is 0 Å². The normalized spacial score (nSPS) is 22.5. The molecule has 5 heteroatoms. The molecule has 0 radical (unpaired) electrons. The van der Waals surface area contributed by atoms with Gasteiger partial charge in [0.05, 0.1) is 12.0 Å². The van der Waals surface area contributed by atoms with Gasteiger partial charge in [0.15, 0.2) is 0 Å². The van der Waals surface area contributed by atoms with Crippen molar-refractivity contribution in [1.82, 2.24) is 15.5 Å². The topological polar surface area (TPSA) is 61.4 Å². The molecule has 2 saturated heterocycles. The molecule has 0 aromatic carbocycles. The first-order valence-electron chi connectivity index (χ1n) is 4.93. The maximum absolute atomic E-state index is 11.6. The SMILES string of the molecule is CC(=O)NC1CN(C(=O)C2CNC2)C1. The molecule has 0 aromatic rings. The molecule has 2 fully saturated rings. The summed E-state index contributed by atoms with van der Waals surface area (Å²) >= 11 is 0. The number of likely N-dealkylation sites (tertiary alicyclic amines) is 1. The first-order chi connectivity index (χ1) is 6.66. The second-order valence-corrected chi connectivity index (χ2v) is 4.00. The second kappa shape index (κ2) is 3.57. The Morgan fingerprint density at radius 1 is 1.36 bits per heavy atom. The van der Waals surface area contributed by atoms with Gasteiger partial charge in [0, 0.05) is 33.1 Å². The van der Waals surface area contributed by atoms with Crippen LogP contribution in [0.3, 0.4) is 0 Å². The van der Waals surface area contributed by atoms with Crippen molar-refractivity contribution in [3.05, 3.63) is 0 Å². The average molecular weight is 197 g/mol. The Labute approximate surface area is 82.8 Å². The molecular formula is C9H15N3O2. The van der Waals surface area contributed by atoms with E-state index in [2.05, 4.69) is 10.6 Å². The molecule has 14 heavy (non-hydrogen) atoms. The molecule has 5 nitrogen and oxygen atoms in total.